The summed E-state index contributed by atoms with van der Waals surface area (Å²) in [4.78, 5) is 40.4. The summed E-state index contributed by atoms with van der Waals surface area (Å²) in [6.07, 6.45) is 0. The summed E-state index contributed by atoms with van der Waals surface area (Å²) in [6.45, 7) is 0. The van der Waals surface area contributed by atoms with E-state index in [1.54, 1.807) is 18.2 Å². The molecule has 0 unspecified atom stereocenters. The molecule has 0 atom stereocenters. The number of aromatic nitrogens is 1. The Kier molecular flexibility index (Phi) is 2.73. The molecular formula is C13H5N3O5. The molecule has 0 bridgehead atoms. The molecular weight excluding hydrogens is 278 g/mol. The minimum Gasteiger partial charge on any atom is -0.345 e. The highest BCUT2D eigenvalue weighted by Gasteiger charge is 2.39. The Labute approximate surface area is 117 Å². The fourth-order valence-electron chi connectivity index (χ4n) is 1.80. The van der Waals surface area contributed by atoms with Gasteiger partial charge in [0.25, 0.3) is 11.8 Å². The minimum absolute atomic E-state index is 0.146. The van der Waals surface area contributed by atoms with Crippen molar-refractivity contribution < 1.29 is 23.7 Å². The number of hydrogen-bond donors (Lipinski definition) is 0. The van der Waals surface area contributed by atoms with E-state index in [1.807, 2.05) is 0 Å². The molecule has 2 aromatic rings. The third kappa shape index (κ3) is 1.93. The van der Waals surface area contributed by atoms with E-state index < -0.39 is 17.8 Å². The fraction of sp³-hybridized carbons (Fsp3) is 0. The van der Waals surface area contributed by atoms with Crippen LogP contribution in [0.25, 0.3) is 0 Å². The lowest BCUT2D eigenvalue weighted by molar-refractivity contribution is -0.0590. The Morgan fingerprint density at radius 1 is 1.24 bits per heavy atom. The Balaban J connectivity index is 1.84. The molecule has 8 heteroatoms. The maximum absolute atomic E-state index is 12.0. The van der Waals surface area contributed by atoms with Crippen molar-refractivity contribution in [2.24, 2.45) is 0 Å². The number of benzene rings is 1. The van der Waals surface area contributed by atoms with E-state index in [2.05, 4.69) is 9.68 Å². The van der Waals surface area contributed by atoms with Crippen molar-refractivity contribution in [1.29, 1.82) is 5.26 Å². The molecule has 0 spiro atoms. The molecule has 1 aliphatic rings. The molecule has 0 fully saturated rings. The van der Waals surface area contributed by atoms with Crippen LogP contribution in [0.3, 0.4) is 0 Å². The van der Waals surface area contributed by atoms with Crippen LogP contribution in [0.15, 0.2) is 34.9 Å². The normalized spacial score (nSPS) is 13.0. The summed E-state index contributed by atoms with van der Waals surface area (Å²) in [5.74, 6) is -2.75. The summed E-state index contributed by atoms with van der Waals surface area (Å²) in [5.41, 5.74) is -0.0237. The van der Waals surface area contributed by atoms with Crippen LogP contribution in [0, 0.1) is 11.3 Å². The second-order valence-electron chi connectivity index (χ2n) is 4.02. The molecule has 102 valence electrons. The van der Waals surface area contributed by atoms with Crippen molar-refractivity contribution in [3.8, 4) is 6.07 Å². The molecule has 1 aliphatic heterocycles. The van der Waals surface area contributed by atoms with E-state index >= 15 is 0 Å². The zero-order valence-electron chi connectivity index (χ0n) is 10.3. The van der Waals surface area contributed by atoms with Gasteiger partial charge in [0, 0.05) is 6.07 Å². The number of rotatable bonds is 2. The summed E-state index contributed by atoms with van der Waals surface area (Å²) in [6, 6.07) is 8.77. The number of imide groups is 1. The van der Waals surface area contributed by atoms with E-state index in [0.29, 0.717) is 5.06 Å². The first kappa shape index (κ1) is 12.6. The first-order chi connectivity index (χ1) is 10.1. The third-order valence-corrected chi connectivity index (χ3v) is 2.76. The van der Waals surface area contributed by atoms with Crippen LogP contribution in [0.5, 0.6) is 0 Å². The van der Waals surface area contributed by atoms with Gasteiger partial charge in [-0.1, -0.05) is 22.4 Å². The van der Waals surface area contributed by atoms with Crippen LogP contribution in [-0.2, 0) is 4.84 Å². The topological polar surface area (TPSA) is 114 Å². The van der Waals surface area contributed by atoms with Gasteiger partial charge < -0.3 is 9.36 Å². The van der Waals surface area contributed by atoms with E-state index in [0.717, 1.165) is 6.07 Å². The monoisotopic (exact) mass is 283 g/mol. The third-order valence-electron chi connectivity index (χ3n) is 2.76. The highest BCUT2D eigenvalue weighted by molar-refractivity contribution is 6.21. The van der Waals surface area contributed by atoms with Gasteiger partial charge in [0.2, 0.25) is 5.76 Å². The number of carbonyl (C=O) groups is 3. The lowest BCUT2D eigenvalue weighted by atomic mass is 10.1. The van der Waals surface area contributed by atoms with Crippen LogP contribution in [0.2, 0.25) is 0 Å². The first-order valence-electron chi connectivity index (χ1n) is 5.68. The summed E-state index contributed by atoms with van der Waals surface area (Å²) >= 11 is 0. The van der Waals surface area contributed by atoms with Crippen LogP contribution >= 0.6 is 0 Å². The van der Waals surface area contributed by atoms with Crippen molar-refractivity contribution in [3.63, 3.8) is 0 Å². The number of carbonyl (C=O) groups excluding carboxylic acids is 3. The summed E-state index contributed by atoms with van der Waals surface area (Å²) in [5, 5.41) is 12.2. The van der Waals surface area contributed by atoms with Crippen molar-refractivity contribution in [2.75, 3.05) is 0 Å². The lowest BCUT2D eigenvalue weighted by Gasteiger charge is -2.10. The van der Waals surface area contributed by atoms with Crippen molar-refractivity contribution in [2.45, 2.75) is 0 Å². The standard InChI is InChI=1S/C13H5N3O5/c14-6-7-5-10(15-20-7)13(19)21-16-11(17)8-3-1-2-4-9(8)12(16)18/h1-5H. The quantitative estimate of drug-likeness (QED) is 0.752. The fourth-order valence-corrected chi connectivity index (χ4v) is 1.80. The summed E-state index contributed by atoms with van der Waals surface area (Å²) in [7, 11) is 0. The first-order valence-corrected chi connectivity index (χ1v) is 5.68. The number of hydrogen-bond acceptors (Lipinski definition) is 7. The number of fused-ring (bicyclic) bond motifs is 1. The van der Waals surface area contributed by atoms with Gasteiger partial charge in [-0.2, -0.15) is 5.26 Å². The SMILES string of the molecule is N#Cc1cc(C(=O)ON2C(=O)c3ccccc3C2=O)no1. The number of nitriles is 1. The second kappa shape index (κ2) is 4.57. The van der Waals surface area contributed by atoms with Crippen LogP contribution in [-0.4, -0.2) is 28.0 Å². The Morgan fingerprint density at radius 2 is 1.86 bits per heavy atom. The van der Waals surface area contributed by atoms with Gasteiger partial charge in [-0.25, -0.2) is 4.79 Å². The predicted octanol–water partition coefficient (Wildman–Crippen LogP) is 0.914. The van der Waals surface area contributed by atoms with E-state index in [1.165, 1.54) is 12.1 Å². The zero-order chi connectivity index (χ0) is 15.0. The molecule has 2 amide bonds. The average molecular weight is 283 g/mol. The second-order valence-corrected chi connectivity index (χ2v) is 4.02. The molecule has 1 aromatic carbocycles. The maximum atomic E-state index is 12.0. The van der Waals surface area contributed by atoms with Crippen LogP contribution in [0.4, 0.5) is 0 Å². The van der Waals surface area contributed by atoms with Gasteiger partial charge in [-0.05, 0) is 12.1 Å². The molecule has 0 saturated carbocycles. The van der Waals surface area contributed by atoms with Gasteiger partial charge in [0.1, 0.15) is 6.07 Å². The molecule has 0 saturated heterocycles. The molecule has 0 N–H and O–H groups in total. The van der Waals surface area contributed by atoms with Gasteiger partial charge in [-0.3, -0.25) is 9.59 Å². The van der Waals surface area contributed by atoms with E-state index in [-0.39, 0.29) is 22.6 Å². The zero-order valence-corrected chi connectivity index (χ0v) is 10.3. The molecule has 0 aliphatic carbocycles. The Hall–Kier alpha value is -3.47. The minimum atomic E-state index is -1.07. The Morgan fingerprint density at radius 3 is 2.38 bits per heavy atom. The Bertz CT molecular complexity index is 782. The van der Waals surface area contributed by atoms with Crippen molar-refractivity contribution in [1.82, 2.24) is 10.2 Å². The van der Waals surface area contributed by atoms with E-state index in [4.69, 9.17) is 10.1 Å². The molecule has 21 heavy (non-hydrogen) atoms. The largest absolute Gasteiger partial charge is 0.385 e. The van der Waals surface area contributed by atoms with E-state index in [9.17, 15) is 14.4 Å². The predicted molar refractivity (Wildman–Crippen MR) is 63.6 cm³/mol. The molecule has 0 radical (unpaired) electrons. The number of hydroxylamine groups is 2. The van der Waals surface area contributed by atoms with Crippen LogP contribution < -0.4 is 0 Å². The highest BCUT2D eigenvalue weighted by Crippen LogP contribution is 2.23. The summed E-state index contributed by atoms with van der Waals surface area (Å²) < 4.78 is 4.51. The van der Waals surface area contributed by atoms with Gasteiger partial charge in [-0.15, -0.1) is 0 Å². The maximum Gasteiger partial charge on any atom is 0.385 e. The number of nitrogens with zero attached hydrogens (tertiary/aromatic N) is 3. The van der Waals surface area contributed by atoms with Gasteiger partial charge >= 0.3 is 5.97 Å². The molecule has 3 rings (SSSR count). The molecule has 1 aromatic heterocycles. The molecule has 8 nitrogen and oxygen atoms in total. The number of amides is 2. The highest BCUT2D eigenvalue weighted by atomic mass is 16.7. The molecule has 2 heterocycles. The van der Waals surface area contributed by atoms with Crippen molar-refractivity contribution in [3.05, 3.63) is 52.9 Å². The van der Waals surface area contributed by atoms with Crippen LogP contribution in [0.1, 0.15) is 37.0 Å². The average Bonchev–Trinajstić information content (AvgIpc) is 3.07. The smallest absolute Gasteiger partial charge is 0.345 e. The van der Waals surface area contributed by atoms with Gasteiger partial charge in [0.15, 0.2) is 5.69 Å². The van der Waals surface area contributed by atoms with Crippen molar-refractivity contribution >= 4 is 17.8 Å². The lowest BCUT2D eigenvalue weighted by Crippen LogP contribution is -2.32. The van der Waals surface area contributed by atoms with Gasteiger partial charge in [0.05, 0.1) is 11.1 Å².